The Morgan fingerprint density at radius 1 is 1.50 bits per heavy atom. The van der Waals surface area contributed by atoms with Crippen LogP contribution in [0.5, 0.6) is 5.75 Å². The fourth-order valence-electron chi connectivity index (χ4n) is 2.20. The zero-order valence-corrected chi connectivity index (χ0v) is 10.1. The normalized spacial score (nSPS) is 16.0. The molecule has 16 heavy (non-hydrogen) atoms. The summed E-state index contributed by atoms with van der Waals surface area (Å²) in [6.45, 7) is 4.63. The Balaban J connectivity index is 2.25. The maximum atomic E-state index is 5.85. The van der Waals surface area contributed by atoms with Gasteiger partial charge in [0.15, 0.2) is 0 Å². The van der Waals surface area contributed by atoms with Crippen molar-refractivity contribution in [3.05, 3.63) is 29.3 Å². The van der Waals surface area contributed by atoms with Gasteiger partial charge in [-0.15, -0.1) is 0 Å². The van der Waals surface area contributed by atoms with Crippen molar-refractivity contribution < 1.29 is 4.74 Å². The van der Waals surface area contributed by atoms with E-state index in [1.807, 2.05) is 0 Å². The first-order valence-electron chi connectivity index (χ1n) is 5.92. The highest BCUT2D eigenvalue weighted by molar-refractivity contribution is 5.40. The monoisotopic (exact) mass is 220 g/mol. The SMILES string of the molecule is CCN(C)C(CN)c1ccc2c(c1)CCO2. The van der Waals surface area contributed by atoms with Crippen LogP contribution >= 0.6 is 0 Å². The number of ether oxygens (including phenoxy) is 1. The van der Waals surface area contributed by atoms with Crippen LogP contribution in [0.4, 0.5) is 0 Å². The summed E-state index contributed by atoms with van der Waals surface area (Å²) < 4.78 is 5.51. The van der Waals surface area contributed by atoms with E-state index >= 15 is 0 Å². The molecule has 2 N–H and O–H groups in total. The van der Waals surface area contributed by atoms with Gasteiger partial charge in [-0.2, -0.15) is 0 Å². The lowest BCUT2D eigenvalue weighted by atomic mass is 10.0. The fourth-order valence-corrected chi connectivity index (χ4v) is 2.20. The second kappa shape index (κ2) is 4.85. The number of benzene rings is 1. The number of hydrogen-bond donors (Lipinski definition) is 1. The molecule has 1 aliphatic rings. The second-order valence-corrected chi connectivity index (χ2v) is 4.29. The summed E-state index contributed by atoms with van der Waals surface area (Å²) in [5, 5.41) is 0. The van der Waals surface area contributed by atoms with Crippen LogP contribution in [0.25, 0.3) is 0 Å². The highest BCUT2D eigenvalue weighted by atomic mass is 16.5. The van der Waals surface area contributed by atoms with Crippen molar-refractivity contribution >= 4 is 0 Å². The van der Waals surface area contributed by atoms with Crippen LogP contribution in [0.15, 0.2) is 18.2 Å². The van der Waals surface area contributed by atoms with Gasteiger partial charge in [-0.3, -0.25) is 4.90 Å². The third-order valence-electron chi connectivity index (χ3n) is 3.35. The van der Waals surface area contributed by atoms with Gasteiger partial charge in [-0.05, 0) is 30.8 Å². The minimum absolute atomic E-state index is 0.316. The molecule has 0 fully saturated rings. The molecule has 2 rings (SSSR count). The number of hydrogen-bond acceptors (Lipinski definition) is 3. The van der Waals surface area contributed by atoms with Crippen molar-refractivity contribution in [3.8, 4) is 5.75 Å². The highest BCUT2D eigenvalue weighted by Gasteiger charge is 2.18. The van der Waals surface area contributed by atoms with Crippen molar-refractivity contribution in [1.82, 2.24) is 4.90 Å². The first kappa shape index (κ1) is 11.4. The van der Waals surface area contributed by atoms with Crippen molar-refractivity contribution in [2.75, 3.05) is 26.7 Å². The molecular weight excluding hydrogens is 200 g/mol. The molecule has 0 aliphatic carbocycles. The van der Waals surface area contributed by atoms with E-state index in [9.17, 15) is 0 Å². The van der Waals surface area contributed by atoms with E-state index < -0.39 is 0 Å². The molecule has 88 valence electrons. The Morgan fingerprint density at radius 2 is 2.31 bits per heavy atom. The first-order chi connectivity index (χ1) is 7.76. The summed E-state index contributed by atoms with van der Waals surface area (Å²) in [5.41, 5.74) is 8.48. The van der Waals surface area contributed by atoms with E-state index in [2.05, 4.69) is 37.1 Å². The standard InChI is InChI=1S/C13H20N2O/c1-3-15(2)12(9-14)10-4-5-13-11(8-10)6-7-16-13/h4-5,8,12H,3,6-7,9,14H2,1-2H3. The number of nitrogens with two attached hydrogens (primary N) is 1. The van der Waals surface area contributed by atoms with Crippen LogP contribution in [0, 0.1) is 0 Å². The summed E-state index contributed by atoms with van der Waals surface area (Å²) in [7, 11) is 2.11. The van der Waals surface area contributed by atoms with Gasteiger partial charge in [0.2, 0.25) is 0 Å². The van der Waals surface area contributed by atoms with E-state index in [0.29, 0.717) is 12.6 Å². The predicted molar refractivity (Wildman–Crippen MR) is 65.7 cm³/mol. The van der Waals surface area contributed by atoms with Crippen LogP contribution in [0.2, 0.25) is 0 Å². The molecule has 0 amide bonds. The molecule has 0 radical (unpaired) electrons. The van der Waals surface area contributed by atoms with Crippen LogP contribution in [-0.4, -0.2) is 31.6 Å². The molecule has 1 aliphatic heterocycles. The lowest BCUT2D eigenvalue weighted by molar-refractivity contribution is 0.263. The van der Waals surface area contributed by atoms with Crippen LogP contribution < -0.4 is 10.5 Å². The molecule has 3 nitrogen and oxygen atoms in total. The van der Waals surface area contributed by atoms with Crippen molar-refractivity contribution in [3.63, 3.8) is 0 Å². The summed E-state index contributed by atoms with van der Waals surface area (Å²) >= 11 is 0. The van der Waals surface area contributed by atoms with Gasteiger partial charge < -0.3 is 10.5 Å². The molecule has 1 atom stereocenters. The van der Waals surface area contributed by atoms with Crippen LogP contribution in [0.1, 0.15) is 24.1 Å². The molecule has 1 aromatic carbocycles. The smallest absolute Gasteiger partial charge is 0.122 e. The number of rotatable bonds is 4. The van der Waals surface area contributed by atoms with Crippen molar-refractivity contribution in [1.29, 1.82) is 0 Å². The van der Waals surface area contributed by atoms with Crippen molar-refractivity contribution in [2.45, 2.75) is 19.4 Å². The highest BCUT2D eigenvalue weighted by Crippen LogP contribution is 2.29. The minimum atomic E-state index is 0.316. The molecule has 1 unspecified atom stereocenters. The van der Waals surface area contributed by atoms with Gasteiger partial charge in [-0.25, -0.2) is 0 Å². The minimum Gasteiger partial charge on any atom is -0.493 e. The van der Waals surface area contributed by atoms with E-state index in [-0.39, 0.29) is 0 Å². The molecular formula is C13H20N2O. The quantitative estimate of drug-likeness (QED) is 0.837. The largest absolute Gasteiger partial charge is 0.493 e. The Bertz CT molecular complexity index is 365. The molecule has 3 heteroatoms. The van der Waals surface area contributed by atoms with E-state index in [1.54, 1.807) is 0 Å². The predicted octanol–water partition coefficient (Wildman–Crippen LogP) is 1.57. The van der Waals surface area contributed by atoms with Gasteiger partial charge in [-0.1, -0.05) is 19.1 Å². The lowest BCUT2D eigenvalue weighted by Gasteiger charge is -2.26. The van der Waals surface area contributed by atoms with Crippen molar-refractivity contribution in [2.24, 2.45) is 5.73 Å². The van der Waals surface area contributed by atoms with E-state index in [4.69, 9.17) is 10.5 Å². The third kappa shape index (κ3) is 2.06. The zero-order chi connectivity index (χ0) is 11.5. The van der Waals surface area contributed by atoms with Gasteiger partial charge in [0, 0.05) is 19.0 Å². The number of fused-ring (bicyclic) bond motifs is 1. The zero-order valence-electron chi connectivity index (χ0n) is 10.1. The van der Waals surface area contributed by atoms with E-state index in [0.717, 1.165) is 25.3 Å². The molecule has 0 bridgehead atoms. The van der Waals surface area contributed by atoms with Gasteiger partial charge >= 0.3 is 0 Å². The average Bonchev–Trinajstić information content (AvgIpc) is 2.77. The van der Waals surface area contributed by atoms with Gasteiger partial charge in [0.05, 0.1) is 6.61 Å². The lowest BCUT2D eigenvalue weighted by Crippen LogP contribution is -2.30. The average molecular weight is 220 g/mol. The summed E-state index contributed by atoms with van der Waals surface area (Å²) in [5.74, 6) is 1.04. The van der Waals surface area contributed by atoms with Crippen LogP contribution in [-0.2, 0) is 6.42 Å². The summed E-state index contributed by atoms with van der Waals surface area (Å²) in [6, 6.07) is 6.76. The Kier molecular flexibility index (Phi) is 3.46. The molecule has 0 saturated carbocycles. The van der Waals surface area contributed by atoms with Crippen LogP contribution in [0.3, 0.4) is 0 Å². The molecule has 0 spiro atoms. The first-order valence-corrected chi connectivity index (χ1v) is 5.92. The molecule has 0 aromatic heterocycles. The summed E-state index contributed by atoms with van der Waals surface area (Å²) in [4.78, 5) is 2.28. The molecule has 0 saturated heterocycles. The summed E-state index contributed by atoms with van der Waals surface area (Å²) in [6.07, 6.45) is 1.02. The van der Waals surface area contributed by atoms with Gasteiger partial charge in [0.1, 0.15) is 5.75 Å². The topological polar surface area (TPSA) is 38.5 Å². The second-order valence-electron chi connectivity index (χ2n) is 4.29. The maximum Gasteiger partial charge on any atom is 0.122 e. The third-order valence-corrected chi connectivity index (χ3v) is 3.35. The van der Waals surface area contributed by atoms with E-state index in [1.165, 1.54) is 11.1 Å². The van der Waals surface area contributed by atoms with Gasteiger partial charge in [0.25, 0.3) is 0 Å². The molecule has 1 aromatic rings. The maximum absolute atomic E-state index is 5.85. The molecule has 1 heterocycles. The Hall–Kier alpha value is -1.06. The Labute approximate surface area is 97.2 Å². The Morgan fingerprint density at radius 3 is 3.00 bits per heavy atom. The fraction of sp³-hybridized carbons (Fsp3) is 0.538. The number of likely N-dealkylation sites (N-methyl/N-ethyl adjacent to an activating group) is 1. The number of nitrogens with zero attached hydrogens (tertiary/aromatic N) is 1.